The lowest BCUT2D eigenvalue weighted by Gasteiger charge is -2.31. The second kappa shape index (κ2) is 12.4. The fourth-order valence-corrected chi connectivity index (χ4v) is 4.45. The van der Waals surface area contributed by atoms with E-state index in [1.807, 2.05) is 18.8 Å². The number of halogens is 1. The molecule has 0 saturated heterocycles. The van der Waals surface area contributed by atoms with Crippen LogP contribution in [0.4, 0.5) is 0 Å². The molecule has 1 aliphatic rings. The molecule has 1 aromatic carbocycles. The molecule has 6 nitrogen and oxygen atoms in total. The minimum atomic E-state index is 0. The average molecular weight is 539 g/mol. The number of nitrogens with one attached hydrogen (secondary N) is 2. The maximum atomic E-state index is 4.50. The summed E-state index contributed by atoms with van der Waals surface area (Å²) in [5, 5.41) is 11.4. The predicted molar refractivity (Wildman–Crippen MR) is 140 cm³/mol. The summed E-state index contributed by atoms with van der Waals surface area (Å²) in [7, 11) is 6.08. The lowest BCUT2D eigenvalue weighted by Crippen LogP contribution is -2.37. The van der Waals surface area contributed by atoms with E-state index >= 15 is 0 Å². The number of aliphatic imine (C=N–C) groups is 1. The van der Waals surface area contributed by atoms with Crippen LogP contribution < -0.4 is 10.6 Å². The molecule has 2 aromatic rings. The maximum Gasteiger partial charge on any atom is 0.191 e. The molecule has 31 heavy (non-hydrogen) atoms. The molecule has 3 rings (SSSR count). The van der Waals surface area contributed by atoms with Crippen LogP contribution in [-0.4, -0.2) is 40.8 Å². The van der Waals surface area contributed by atoms with E-state index in [0.717, 1.165) is 37.3 Å². The van der Waals surface area contributed by atoms with Gasteiger partial charge in [-0.25, -0.2) is 0 Å². The zero-order valence-corrected chi connectivity index (χ0v) is 22.1. The van der Waals surface area contributed by atoms with Crippen molar-refractivity contribution in [1.29, 1.82) is 0 Å². The van der Waals surface area contributed by atoms with E-state index in [1.165, 1.54) is 54.5 Å². The van der Waals surface area contributed by atoms with Crippen LogP contribution in [0.15, 0.2) is 29.3 Å². The van der Waals surface area contributed by atoms with Gasteiger partial charge in [0.25, 0.3) is 0 Å². The second-order valence-corrected chi connectivity index (χ2v) is 8.53. The van der Waals surface area contributed by atoms with Crippen LogP contribution in [0.2, 0.25) is 0 Å². The van der Waals surface area contributed by atoms with Crippen molar-refractivity contribution < 1.29 is 0 Å². The first kappa shape index (κ1) is 25.6. The average Bonchev–Trinajstić information content (AvgIpc) is 3.01. The van der Waals surface area contributed by atoms with E-state index in [4.69, 9.17) is 0 Å². The van der Waals surface area contributed by atoms with Crippen molar-refractivity contribution >= 4 is 29.9 Å². The van der Waals surface area contributed by atoms with Gasteiger partial charge in [-0.3, -0.25) is 14.6 Å². The van der Waals surface area contributed by atoms with Crippen LogP contribution in [0.25, 0.3) is 0 Å². The van der Waals surface area contributed by atoms with Gasteiger partial charge in [-0.2, -0.15) is 5.10 Å². The number of hydrogen-bond donors (Lipinski definition) is 2. The molecule has 0 spiro atoms. The first-order valence-corrected chi connectivity index (χ1v) is 11.2. The Kier molecular flexibility index (Phi) is 10.3. The summed E-state index contributed by atoms with van der Waals surface area (Å²) in [6.07, 6.45) is 6.81. The van der Waals surface area contributed by atoms with E-state index < -0.39 is 0 Å². The molecule has 1 aromatic heterocycles. The molecule has 1 aliphatic carbocycles. The third kappa shape index (κ3) is 6.94. The van der Waals surface area contributed by atoms with Gasteiger partial charge in [0.1, 0.15) is 0 Å². The van der Waals surface area contributed by atoms with Gasteiger partial charge in [-0.05, 0) is 44.9 Å². The minimum Gasteiger partial charge on any atom is -0.352 e. The second-order valence-electron chi connectivity index (χ2n) is 8.53. The summed E-state index contributed by atoms with van der Waals surface area (Å²) < 4.78 is 1.93. The van der Waals surface area contributed by atoms with Gasteiger partial charge in [0, 0.05) is 51.0 Å². The molecular formula is C24H39IN6. The fraction of sp³-hybridized carbons (Fsp3) is 0.583. The highest BCUT2D eigenvalue weighted by molar-refractivity contribution is 14.0. The Labute approximate surface area is 204 Å². The van der Waals surface area contributed by atoms with Crippen LogP contribution in [0.5, 0.6) is 0 Å². The lowest BCUT2D eigenvalue weighted by molar-refractivity contribution is 0.184. The minimum absolute atomic E-state index is 0. The van der Waals surface area contributed by atoms with Gasteiger partial charge >= 0.3 is 0 Å². The first-order valence-electron chi connectivity index (χ1n) is 11.2. The highest BCUT2D eigenvalue weighted by Gasteiger charge is 2.18. The van der Waals surface area contributed by atoms with Gasteiger partial charge in [0.05, 0.1) is 5.69 Å². The molecular weight excluding hydrogens is 499 g/mol. The number of aryl methyl sites for hydroxylation is 2. The van der Waals surface area contributed by atoms with Gasteiger partial charge in [0.15, 0.2) is 5.96 Å². The number of aromatic nitrogens is 2. The van der Waals surface area contributed by atoms with Crippen LogP contribution in [0, 0.1) is 13.8 Å². The lowest BCUT2D eigenvalue weighted by atomic mass is 9.94. The van der Waals surface area contributed by atoms with Crippen LogP contribution in [0.3, 0.4) is 0 Å². The Morgan fingerprint density at radius 1 is 1.10 bits per heavy atom. The number of nitrogens with zero attached hydrogens (tertiary/aromatic N) is 4. The molecule has 172 valence electrons. The first-order chi connectivity index (χ1) is 14.5. The maximum absolute atomic E-state index is 4.50. The van der Waals surface area contributed by atoms with Crippen LogP contribution in [0.1, 0.15) is 60.2 Å². The number of benzene rings is 1. The molecule has 0 atom stereocenters. The van der Waals surface area contributed by atoms with Crippen molar-refractivity contribution in [2.24, 2.45) is 12.0 Å². The Morgan fingerprint density at radius 2 is 1.74 bits per heavy atom. The Morgan fingerprint density at radius 3 is 2.35 bits per heavy atom. The van der Waals surface area contributed by atoms with E-state index in [2.05, 4.69) is 70.8 Å². The molecule has 7 heteroatoms. The Hall–Kier alpha value is -1.61. The van der Waals surface area contributed by atoms with E-state index in [9.17, 15) is 0 Å². The molecule has 1 fully saturated rings. The standard InChI is InChI=1S/C24H38N6.HI/c1-18-23(19(2)30(5)28-18)16-27-24(25-3)26-15-20-11-9-10-12-21(20)17-29(4)22-13-7-6-8-14-22;/h9-12,22H,6-8,13-17H2,1-5H3,(H2,25,26,27);1H. The molecule has 0 amide bonds. The molecule has 0 aliphatic heterocycles. The molecule has 0 bridgehead atoms. The molecule has 1 saturated carbocycles. The highest BCUT2D eigenvalue weighted by Crippen LogP contribution is 2.23. The van der Waals surface area contributed by atoms with Crippen molar-refractivity contribution in [1.82, 2.24) is 25.3 Å². The SMILES string of the molecule is CN=C(NCc1ccccc1CN(C)C1CCCCC1)NCc1c(C)nn(C)c1C.I. The van der Waals surface area contributed by atoms with Crippen LogP contribution >= 0.6 is 24.0 Å². The zero-order valence-electron chi connectivity index (χ0n) is 19.7. The monoisotopic (exact) mass is 538 g/mol. The Bertz CT molecular complexity index is 854. The topological polar surface area (TPSA) is 57.5 Å². The summed E-state index contributed by atoms with van der Waals surface area (Å²) in [6, 6.07) is 9.48. The van der Waals surface area contributed by atoms with Crippen molar-refractivity contribution in [2.75, 3.05) is 14.1 Å². The molecule has 1 heterocycles. The summed E-state index contributed by atoms with van der Waals surface area (Å²) >= 11 is 0. The van der Waals surface area contributed by atoms with Gasteiger partial charge in [0.2, 0.25) is 0 Å². The molecule has 2 N–H and O–H groups in total. The molecule has 0 unspecified atom stereocenters. The van der Waals surface area contributed by atoms with Crippen molar-refractivity contribution in [3.63, 3.8) is 0 Å². The fourth-order valence-electron chi connectivity index (χ4n) is 4.45. The van der Waals surface area contributed by atoms with Crippen molar-refractivity contribution in [3.05, 3.63) is 52.3 Å². The zero-order chi connectivity index (χ0) is 21.5. The van der Waals surface area contributed by atoms with E-state index in [-0.39, 0.29) is 24.0 Å². The summed E-state index contributed by atoms with van der Waals surface area (Å²) in [4.78, 5) is 6.95. The van der Waals surface area contributed by atoms with Crippen molar-refractivity contribution in [2.45, 2.75) is 71.6 Å². The smallest absolute Gasteiger partial charge is 0.191 e. The molecule has 0 radical (unpaired) electrons. The number of hydrogen-bond acceptors (Lipinski definition) is 3. The highest BCUT2D eigenvalue weighted by atomic mass is 127. The summed E-state index contributed by atoms with van der Waals surface area (Å²) in [5.41, 5.74) is 6.21. The number of rotatable bonds is 7. The Balaban J connectivity index is 0.00000341. The largest absolute Gasteiger partial charge is 0.352 e. The van der Waals surface area contributed by atoms with Crippen LogP contribution in [-0.2, 0) is 26.7 Å². The van der Waals surface area contributed by atoms with Gasteiger partial charge in [-0.1, -0.05) is 43.5 Å². The quantitative estimate of drug-likeness (QED) is 0.314. The third-order valence-electron chi connectivity index (χ3n) is 6.50. The number of guanidine groups is 1. The normalized spacial score (nSPS) is 15.1. The predicted octanol–water partition coefficient (Wildman–Crippen LogP) is 4.28. The van der Waals surface area contributed by atoms with E-state index in [0.29, 0.717) is 0 Å². The summed E-state index contributed by atoms with van der Waals surface area (Å²) in [6.45, 7) is 6.64. The van der Waals surface area contributed by atoms with E-state index in [1.54, 1.807) is 0 Å². The van der Waals surface area contributed by atoms with Gasteiger partial charge in [-0.15, -0.1) is 24.0 Å². The van der Waals surface area contributed by atoms with Gasteiger partial charge < -0.3 is 10.6 Å². The van der Waals surface area contributed by atoms with Crippen molar-refractivity contribution in [3.8, 4) is 0 Å². The summed E-state index contributed by atoms with van der Waals surface area (Å²) in [5.74, 6) is 0.813. The third-order valence-corrected chi connectivity index (χ3v) is 6.50.